The number of aliphatic hydroxyl groups is 3. The van der Waals surface area contributed by atoms with Gasteiger partial charge in [-0.05, 0) is 25.8 Å². The Balaban J connectivity index is 2.01. The second-order valence-electron chi connectivity index (χ2n) is 7.31. The van der Waals surface area contributed by atoms with Gasteiger partial charge >= 0.3 is 0 Å². The molecule has 162 valence electrons. The van der Waals surface area contributed by atoms with E-state index in [-0.39, 0.29) is 6.04 Å². The predicted octanol–water partition coefficient (Wildman–Crippen LogP) is -0.917. The predicted molar refractivity (Wildman–Crippen MR) is 104 cm³/mol. The minimum Gasteiger partial charge on any atom is -0.394 e. The quantitative estimate of drug-likeness (QED) is 0.374. The van der Waals surface area contributed by atoms with Gasteiger partial charge in [-0.25, -0.2) is 0 Å². The molecule has 2 amide bonds. The van der Waals surface area contributed by atoms with Crippen LogP contribution in [0, 0.1) is 0 Å². The van der Waals surface area contributed by atoms with Gasteiger partial charge in [-0.3, -0.25) is 9.59 Å². The number of aliphatic hydroxyl groups excluding tert-OH is 3. The first kappa shape index (κ1) is 23.2. The monoisotopic (exact) mass is 410 g/mol. The third-order valence-electron chi connectivity index (χ3n) is 4.75. The lowest BCUT2D eigenvalue weighted by molar-refractivity contribution is -0.266. The number of benzene rings is 1. The van der Waals surface area contributed by atoms with Crippen LogP contribution in [0.4, 0.5) is 0 Å². The van der Waals surface area contributed by atoms with Gasteiger partial charge < -0.3 is 35.4 Å². The summed E-state index contributed by atoms with van der Waals surface area (Å²) in [6.07, 6.45) is -5.45. The fourth-order valence-electron chi connectivity index (χ4n) is 3.31. The lowest BCUT2D eigenvalue weighted by Gasteiger charge is -2.43. The van der Waals surface area contributed by atoms with Crippen molar-refractivity contribution in [1.29, 1.82) is 0 Å². The van der Waals surface area contributed by atoms with Gasteiger partial charge in [0.1, 0.15) is 30.5 Å². The smallest absolute Gasteiger partial charge is 0.249 e. The summed E-state index contributed by atoms with van der Waals surface area (Å²) in [5.74, 6) is -0.863. The molecule has 9 heteroatoms. The Bertz CT molecular complexity index is 672. The Kier molecular flexibility index (Phi) is 8.54. The molecule has 1 aliphatic heterocycles. The molecular weight excluding hydrogens is 380 g/mol. The summed E-state index contributed by atoms with van der Waals surface area (Å²) in [5, 5.41) is 35.2. The summed E-state index contributed by atoms with van der Waals surface area (Å²) in [4.78, 5) is 24.0. The summed E-state index contributed by atoms with van der Waals surface area (Å²) in [6.45, 7) is 4.07. The number of amides is 2. The lowest BCUT2D eigenvalue weighted by Crippen LogP contribution is -2.65. The summed E-state index contributed by atoms with van der Waals surface area (Å²) in [7, 11) is 0. The molecule has 0 aliphatic carbocycles. The zero-order valence-electron chi connectivity index (χ0n) is 16.8. The van der Waals surface area contributed by atoms with Gasteiger partial charge in [-0.1, -0.05) is 30.3 Å². The zero-order valence-corrected chi connectivity index (χ0v) is 16.8. The molecule has 1 unspecified atom stereocenters. The van der Waals surface area contributed by atoms with Crippen LogP contribution < -0.4 is 10.6 Å². The number of carbonyl (C=O) groups excluding carboxylic acids is 2. The Hall–Kier alpha value is -2.04. The Labute approximate surface area is 170 Å². The van der Waals surface area contributed by atoms with Gasteiger partial charge in [-0.2, -0.15) is 0 Å². The number of nitrogens with one attached hydrogen (secondary N) is 2. The topological polar surface area (TPSA) is 137 Å². The maximum absolute atomic E-state index is 12.5. The number of carbonyl (C=O) groups is 2. The van der Waals surface area contributed by atoms with E-state index in [1.807, 2.05) is 37.3 Å². The standard InChI is InChI=1S/C20H30N2O7/c1-11(9-14-7-5-4-6-8-14)21-19(26)12(2)28-18-16(22-13(3)24)20(27)29-15(10-23)17(18)25/h4-8,11-12,15-18,20,23,25,27H,9-10H2,1-3H3,(H,21,26)(H,22,24)/t11-,12-,15+,16+,17+,18+,20?/m0/s1. The van der Waals surface area contributed by atoms with Crippen molar-refractivity contribution in [2.75, 3.05) is 6.61 Å². The average Bonchev–Trinajstić information content (AvgIpc) is 2.67. The van der Waals surface area contributed by atoms with Gasteiger partial charge in [0.2, 0.25) is 11.8 Å². The van der Waals surface area contributed by atoms with Gasteiger partial charge in [0.25, 0.3) is 0 Å². The summed E-state index contributed by atoms with van der Waals surface area (Å²) < 4.78 is 10.8. The summed E-state index contributed by atoms with van der Waals surface area (Å²) in [6, 6.07) is 8.45. The van der Waals surface area contributed by atoms with E-state index < -0.39 is 55.2 Å². The van der Waals surface area contributed by atoms with Gasteiger partial charge in [0, 0.05) is 13.0 Å². The van der Waals surface area contributed by atoms with Crippen LogP contribution in [0.1, 0.15) is 26.3 Å². The highest BCUT2D eigenvalue weighted by atomic mass is 16.6. The third-order valence-corrected chi connectivity index (χ3v) is 4.75. The highest BCUT2D eigenvalue weighted by molar-refractivity contribution is 5.80. The summed E-state index contributed by atoms with van der Waals surface area (Å²) in [5.41, 5.74) is 1.08. The van der Waals surface area contributed by atoms with Crippen molar-refractivity contribution < 1.29 is 34.4 Å². The van der Waals surface area contributed by atoms with E-state index >= 15 is 0 Å². The van der Waals surface area contributed by atoms with Crippen molar-refractivity contribution in [2.24, 2.45) is 0 Å². The number of ether oxygens (including phenoxy) is 2. The first-order chi connectivity index (χ1) is 13.7. The molecule has 1 aromatic carbocycles. The number of rotatable bonds is 8. The molecule has 1 fully saturated rings. The maximum Gasteiger partial charge on any atom is 0.249 e. The van der Waals surface area contributed by atoms with Gasteiger partial charge in [-0.15, -0.1) is 0 Å². The molecule has 0 radical (unpaired) electrons. The SMILES string of the molecule is CC(=O)N[C@H]1C(O)O[C@H](CO)[C@@H](O)[C@@H]1O[C@@H](C)C(=O)N[C@@H](C)Cc1ccccc1. The Morgan fingerprint density at radius 2 is 1.86 bits per heavy atom. The summed E-state index contributed by atoms with van der Waals surface area (Å²) >= 11 is 0. The second kappa shape index (κ2) is 10.7. The van der Waals surface area contributed by atoms with Crippen LogP contribution in [-0.2, 0) is 25.5 Å². The van der Waals surface area contributed by atoms with Gasteiger partial charge in [0.15, 0.2) is 6.29 Å². The molecule has 0 saturated carbocycles. The minimum atomic E-state index is -1.50. The molecule has 1 heterocycles. The van der Waals surface area contributed by atoms with E-state index in [9.17, 15) is 24.9 Å². The van der Waals surface area contributed by atoms with E-state index in [2.05, 4.69) is 10.6 Å². The van der Waals surface area contributed by atoms with Crippen molar-refractivity contribution >= 4 is 11.8 Å². The minimum absolute atomic E-state index is 0.155. The van der Waals surface area contributed by atoms with E-state index in [1.54, 1.807) is 0 Å². The largest absolute Gasteiger partial charge is 0.394 e. The van der Waals surface area contributed by atoms with E-state index in [0.717, 1.165) is 5.56 Å². The molecule has 1 aromatic rings. The molecule has 0 spiro atoms. The Morgan fingerprint density at radius 3 is 2.45 bits per heavy atom. The third kappa shape index (κ3) is 6.48. The zero-order chi connectivity index (χ0) is 21.6. The molecule has 1 saturated heterocycles. The lowest BCUT2D eigenvalue weighted by atomic mass is 9.96. The fraction of sp³-hybridized carbons (Fsp3) is 0.600. The van der Waals surface area contributed by atoms with Crippen molar-refractivity contribution in [3.05, 3.63) is 35.9 Å². The molecule has 2 rings (SSSR count). The van der Waals surface area contributed by atoms with Crippen LogP contribution in [-0.4, -0.2) is 76.5 Å². The average molecular weight is 410 g/mol. The number of hydrogen-bond acceptors (Lipinski definition) is 7. The Morgan fingerprint density at radius 1 is 1.21 bits per heavy atom. The molecule has 5 N–H and O–H groups in total. The fourth-order valence-corrected chi connectivity index (χ4v) is 3.31. The van der Waals surface area contributed by atoms with Crippen LogP contribution in [0.25, 0.3) is 0 Å². The van der Waals surface area contributed by atoms with Crippen molar-refractivity contribution in [1.82, 2.24) is 10.6 Å². The van der Waals surface area contributed by atoms with Crippen LogP contribution in [0.2, 0.25) is 0 Å². The molecule has 0 bridgehead atoms. The first-order valence-corrected chi connectivity index (χ1v) is 9.62. The van der Waals surface area contributed by atoms with Crippen LogP contribution >= 0.6 is 0 Å². The highest BCUT2D eigenvalue weighted by Crippen LogP contribution is 2.23. The van der Waals surface area contributed by atoms with Crippen LogP contribution in [0.3, 0.4) is 0 Å². The molecule has 0 aromatic heterocycles. The van der Waals surface area contributed by atoms with Crippen molar-refractivity contribution in [3.8, 4) is 0 Å². The van der Waals surface area contributed by atoms with Crippen molar-refractivity contribution in [3.63, 3.8) is 0 Å². The normalized spacial score (nSPS) is 29.0. The van der Waals surface area contributed by atoms with Crippen molar-refractivity contribution in [2.45, 2.75) is 70.0 Å². The van der Waals surface area contributed by atoms with Crippen LogP contribution in [0.15, 0.2) is 30.3 Å². The molecular formula is C20H30N2O7. The number of hydrogen-bond donors (Lipinski definition) is 5. The second-order valence-corrected chi connectivity index (χ2v) is 7.31. The highest BCUT2D eigenvalue weighted by Gasteiger charge is 2.46. The van der Waals surface area contributed by atoms with E-state index in [4.69, 9.17) is 9.47 Å². The van der Waals surface area contributed by atoms with E-state index in [1.165, 1.54) is 13.8 Å². The maximum atomic E-state index is 12.5. The molecule has 9 nitrogen and oxygen atoms in total. The molecule has 1 aliphatic rings. The van der Waals surface area contributed by atoms with Gasteiger partial charge in [0.05, 0.1) is 6.61 Å². The molecule has 7 atom stereocenters. The van der Waals surface area contributed by atoms with E-state index in [0.29, 0.717) is 6.42 Å². The molecule has 29 heavy (non-hydrogen) atoms. The van der Waals surface area contributed by atoms with Crippen LogP contribution in [0.5, 0.6) is 0 Å². The first-order valence-electron chi connectivity index (χ1n) is 9.62.